The van der Waals surface area contributed by atoms with Gasteiger partial charge in [-0.3, -0.25) is 4.79 Å². The second-order valence-electron chi connectivity index (χ2n) is 2.74. The zero-order valence-corrected chi connectivity index (χ0v) is 6.46. The van der Waals surface area contributed by atoms with Gasteiger partial charge in [0.15, 0.2) is 0 Å². The van der Waals surface area contributed by atoms with Gasteiger partial charge in [-0.05, 0) is 0 Å². The van der Waals surface area contributed by atoms with E-state index in [4.69, 9.17) is 5.11 Å². The van der Waals surface area contributed by atoms with E-state index < -0.39 is 12.3 Å². The number of alkyl halides is 1. The van der Waals surface area contributed by atoms with Crippen molar-refractivity contribution in [3.8, 4) is 0 Å². The molecular formula is C7H12FNO2. The molecule has 4 heteroatoms. The van der Waals surface area contributed by atoms with Gasteiger partial charge in [-0.2, -0.15) is 0 Å². The molecule has 0 radical (unpaired) electrons. The zero-order chi connectivity index (χ0) is 8.43. The normalized spacial score (nSPS) is 31.0. The summed E-state index contributed by atoms with van der Waals surface area (Å²) >= 11 is 0. The molecule has 0 aliphatic carbocycles. The molecule has 0 bridgehead atoms. The third-order valence-electron chi connectivity index (χ3n) is 1.87. The van der Waals surface area contributed by atoms with E-state index >= 15 is 0 Å². The Balaban J connectivity index is 2.46. The van der Waals surface area contributed by atoms with Crippen molar-refractivity contribution in [2.24, 2.45) is 0 Å². The van der Waals surface area contributed by atoms with Crippen molar-refractivity contribution in [2.75, 3.05) is 13.1 Å². The summed E-state index contributed by atoms with van der Waals surface area (Å²) in [5.41, 5.74) is 0. The number of amides is 1. The van der Waals surface area contributed by atoms with Crippen LogP contribution in [-0.4, -0.2) is 41.3 Å². The van der Waals surface area contributed by atoms with Crippen LogP contribution in [0.3, 0.4) is 0 Å². The Kier molecular flexibility index (Phi) is 2.44. The van der Waals surface area contributed by atoms with Crippen LogP contribution in [0.5, 0.6) is 0 Å². The van der Waals surface area contributed by atoms with Crippen LogP contribution in [0.15, 0.2) is 0 Å². The molecule has 1 aliphatic heterocycles. The molecule has 1 fully saturated rings. The molecule has 3 nitrogen and oxygen atoms in total. The van der Waals surface area contributed by atoms with Gasteiger partial charge in [-0.1, -0.05) is 6.92 Å². The fraction of sp³-hybridized carbons (Fsp3) is 0.857. The molecule has 1 heterocycles. The lowest BCUT2D eigenvalue weighted by Crippen LogP contribution is -2.28. The molecule has 11 heavy (non-hydrogen) atoms. The number of hydrogen-bond acceptors (Lipinski definition) is 2. The van der Waals surface area contributed by atoms with Crippen molar-refractivity contribution in [3.05, 3.63) is 0 Å². The van der Waals surface area contributed by atoms with Gasteiger partial charge in [0.1, 0.15) is 12.3 Å². The number of carbonyl (C=O) groups is 1. The highest BCUT2D eigenvalue weighted by Crippen LogP contribution is 2.13. The van der Waals surface area contributed by atoms with E-state index in [1.54, 1.807) is 6.92 Å². The molecule has 2 atom stereocenters. The smallest absolute Gasteiger partial charge is 0.222 e. The first kappa shape index (κ1) is 8.46. The number of halogens is 1. The molecule has 0 saturated carbocycles. The van der Waals surface area contributed by atoms with Crippen LogP contribution >= 0.6 is 0 Å². The summed E-state index contributed by atoms with van der Waals surface area (Å²) in [6.07, 6.45) is -1.87. The van der Waals surface area contributed by atoms with Crippen molar-refractivity contribution in [1.82, 2.24) is 4.90 Å². The molecular weight excluding hydrogens is 149 g/mol. The summed E-state index contributed by atoms with van der Waals surface area (Å²) in [6.45, 7) is 1.92. The van der Waals surface area contributed by atoms with E-state index in [9.17, 15) is 9.18 Å². The SMILES string of the molecule is CCC(=O)N1C[C@H](O)[C@@H](F)C1. The maximum absolute atomic E-state index is 12.6. The fourth-order valence-electron chi connectivity index (χ4n) is 1.17. The van der Waals surface area contributed by atoms with Gasteiger partial charge in [0.25, 0.3) is 0 Å². The van der Waals surface area contributed by atoms with E-state index in [0.717, 1.165) is 0 Å². The monoisotopic (exact) mass is 161 g/mol. The third-order valence-corrected chi connectivity index (χ3v) is 1.87. The Labute approximate surface area is 64.8 Å². The maximum Gasteiger partial charge on any atom is 0.222 e. The Morgan fingerprint density at radius 3 is 2.73 bits per heavy atom. The Morgan fingerprint density at radius 2 is 2.36 bits per heavy atom. The van der Waals surface area contributed by atoms with Crippen molar-refractivity contribution in [1.29, 1.82) is 0 Å². The summed E-state index contributed by atoms with van der Waals surface area (Å²) in [5, 5.41) is 8.94. The first-order valence-corrected chi connectivity index (χ1v) is 3.75. The molecule has 64 valence electrons. The minimum absolute atomic E-state index is 0.0494. The van der Waals surface area contributed by atoms with E-state index in [1.165, 1.54) is 4.90 Å². The zero-order valence-electron chi connectivity index (χ0n) is 6.46. The number of aliphatic hydroxyl groups is 1. The molecule has 1 saturated heterocycles. The van der Waals surface area contributed by atoms with Crippen molar-refractivity contribution >= 4 is 5.91 Å². The van der Waals surface area contributed by atoms with E-state index in [1.807, 2.05) is 0 Å². The van der Waals surface area contributed by atoms with E-state index in [0.29, 0.717) is 6.42 Å². The number of hydrogen-bond donors (Lipinski definition) is 1. The minimum atomic E-state index is -1.26. The molecule has 1 amide bonds. The predicted octanol–water partition coefficient (Wildman–Crippen LogP) is -0.0624. The lowest BCUT2D eigenvalue weighted by atomic mass is 10.3. The molecule has 0 aromatic carbocycles. The van der Waals surface area contributed by atoms with Crippen LogP contribution in [0.2, 0.25) is 0 Å². The van der Waals surface area contributed by atoms with Crippen molar-refractivity contribution in [3.63, 3.8) is 0 Å². The molecule has 0 aromatic rings. The highest BCUT2D eigenvalue weighted by atomic mass is 19.1. The largest absolute Gasteiger partial charge is 0.388 e. The van der Waals surface area contributed by atoms with Gasteiger partial charge in [0.05, 0.1) is 6.54 Å². The summed E-state index contributed by atoms with van der Waals surface area (Å²) in [6, 6.07) is 0. The van der Waals surface area contributed by atoms with Crippen molar-refractivity contribution < 1.29 is 14.3 Å². The fourth-order valence-corrected chi connectivity index (χ4v) is 1.17. The Hall–Kier alpha value is -0.640. The molecule has 0 aromatic heterocycles. The summed E-state index contributed by atoms with van der Waals surface area (Å²) in [5.74, 6) is -0.0933. The highest BCUT2D eigenvalue weighted by molar-refractivity contribution is 5.76. The van der Waals surface area contributed by atoms with Crippen LogP contribution in [-0.2, 0) is 4.79 Å². The van der Waals surface area contributed by atoms with Crippen LogP contribution < -0.4 is 0 Å². The quantitative estimate of drug-likeness (QED) is 0.585. The first-order valence-electron chi connectivity index (χ1n) is 3.75. The number of nitrogens with zero attached hydrogens (tertiary/aromatic N) is 1. The maximum atomic E-state index is 12.6. The lowest BCUT2D eigenvalue weighted by Gasteiger charge is -2.12. The molecule has 1 aliphatic rings. The number of β-amino-alcohol motifs (C(OH)–C–C–N with tert-alkyl or cyclic N) is 1. The predicted molar refractivity (Wildman–Crippen MR) is 37.8 cm³/mol. The van der Waals surface area contributed by atoms with Gasteiger partial charge < -0.3 is 10.0 Å². The lowest BCUT2D eigenvalue weighted by molar-refractivity contribution is -0.130. The summed E-state index contributed by atoms with van der Waals surface area (Å²) in [4.78, 5) is 12.3. The average Bonchev–Trinajstić information content (AvgIpc) is 2.31. The van der Waals surface area contributed by atoms with Gasteiger partial charge in [0.2, 0.25) is 5.91 Å². The second kappa shape index (κ2) is 3.17. The van der Waals surface area contributed by atoms with Gasteiger partial charge >= 0.3 is 0 Å². The minimum Gasteiger partial charge on any atom is -0.388 e. The van der Waals surface area contributed by atoms with Gasteiger partial charge in [-0.15, -0.1) is 0 Å². The van der Waals surface area contributed by atoms with E-state index in [-0.39, 0.29) is 19.0 Å². The standard InChI is InChI=1S/C7H12FNO2/c1-2-7(11)9-3-5(8)6(10)4-9/h5-6,10H,2-4H2,1H3/t5-,6-/m0/s1. The van der Waals surface area contributed by atoms with Crippen LogP contribution in [0.25, 0.3) is 0 Å². The first-order chi connectivity index (χ1) is 5.15. The summed E-state index contributed by atoms with van der Waals surface area (Å²) < 4.78 is 12.6. The molecule has 1 rings (SSSR count). The number of carbonyl (C=O) groups excluding carboxylic acids is 1. The summed E-state index contributed by atoms with van der Waals surface area (Å²) in [7, 11) is 0. The van der Waals surface area contributed by atoms with Gasteiger partial charge in [0, 0.05) is 13.0 Å². The Morgan fingerprint density at radius 1 is 1.73 bits per heavy atom. The highest BCUT2D eigenvalue weighted by Gasteiger charge is 2.32. The molecule has 0 spiro atoms. The molecule has 0 unspecified atom stereocenters. The third kappa shape index (κ3) is 1.68. The average molecular weight is 161 g/mol. The number of rotatable bonds is 1. The van der Waals surface area contributed by atoms with Gasteiger partial charge in [-0.25, -0.2) is 4.39 Å². The van der Waals surface area contributed by atoms with Crippen LogP contribution in [0, 0.1) is 0 Å². The van der Waals surface area contributed by atoms with Crippen LogP contribution in [0.1, 0.15) is 13.3 Å². The molecule has 1 N–H and O–H groups in total. The number of aliphatic hydroxyl groups excluding tert-OH is 1. The second-order valence-corrected chi connectivity index (χ2v) is 2.74. The van der Waals surface area contributed by atoms with Crippen molar-refractivity contribution in [2.45, 2.75) is 25.6 Å². The topological polar surface area (TPSA) is 40.5 Å². The number of likely N-dealkylation sites (tertiary alicyclic amines) is 1. The van der Waals surface area contributed by atoms with Crippen LogP contribution in [0.4, 0.5) is 4.39 Å². The Bertz CT molecular complexity index is 153. The van der Waals surface area contributed by atoms with E-state index in [2.05, 4.69) is 0 Å².